The number of ether oxygens (including phenoxy) is 1. The van der Waals surface area contributed by atoms with Gasteiger partial charge in [0.25, 0.3) is 0 Å². The molecule has 0 radical (unpaired) electrons. The molecule has 0 aliphatic rings. The van der Waals surface area contributed by atoms with Gasteiger partial charge in [0.05, 0.1) is 5.56 Å². The van der Waals surface area contributed by atoms with E-state index in [1.165, 1.54) is 5.30 Å². The van der Waals surface area contributed by atoms with Crippen LogP contribution in [-0.4, -0.2) is 18.2 Å². The molecule has 2 aromatic rings. The molecule has 0 saturated carbocycles. The molecule has 110 valence electrons. The lowest BCUT2D eigenvalue weighted by Gasteiger charge is -2.22. The van der Waals surface area contributed by atoms with Gasteiger partial charge in [-0.15, -0.1) is 0 Å². The number of hydrogen-bond donors (Lipinski definition) is 0. The predicted octanol–water partition coefficient (Wildman–Crippen LogP) is 3.70. The summed E-state index contributed by atoms with van der Waals surface area (Å²) in [6.07, 6.45) is 0. The van der Waals surface area contributed by atoms with E-state index < -0.39 is 13.5 Å². The van der Waals surface area contributed by atoms with Crippen molar-refractivity contribution in [2.75, 3.05) is 6.66 Å². The zero-order chi connectivity index (χ0) is 15.5. The molecule has 0 saturated heterocycles. The fourth-order valence-electron chi connectivity index (χ4n) is 2.06. The average molecular weight is 300 g/mol. The highest BCUT2D eigenvalue weighted by molar-refractivity contribution is 7.72. The standard InChI is InChI=1S/C18H21O2P/c1-18(2,3)20-17(19)15-12-8-9-13-16(15)21(4)14-10-6-5-7-11-14/h5-13H,1-4H3. The Bertz CT molecular complexity index is 615. The van der Waals surface area contributed by atoms with E-state index >= 15 is 0 Å². The monoisotopic (exact) mass is 300 g/mol. The molecule has 0 aliphatic heterocycles. The molecular weight excluding hydrogens is 279 g/mol. The van der Waals surface area contributed by atoms with Crippen LogP contribution in [-0.2, 0) is 4.74 Å². The third kappa shape index (κ3) is 4.15. The summed E-state index contributed by atoms with van der Waals surface area (Å²) in [5.41, 5.74) is 0.192. The highest BCUT2D eigenvalue weighted by Crippen LogP contribution is 2.30. The number of benzene rings is 2. The van der Waals surface area contributed by atoms with Crippen LogP contribution in [0.4, 0.5) is 0 Å². The van der Waals surface area contributed by atoms with Gasteiger partial charge in [0.2, 0.25) is 0 Å². The van der Waals surface area contributed by atoms with Crippen molar-refractivity contribution >= 4 is 24.5 Å². The fraction of sp³-hybridized carbons (Fsp3) is 0.278. The van der Waals surface area contributed by atoms with Crippen molar-refractivity contribution in [2.45, 2.75) is 26.4 Å². The molecule has 0 fully saturated rings. The molecule has 0 spiro atoms. The quantitative estimate of drug-likeness (QED) is 0.638. The van der Waals surface area contributed by atoms with Gasteiger partial charge in [-0.3, -0.25) is 0 Å². The molecule has 2 nitrogen and oxygen atoms in total. The van der Waals surface area contributed by atoms with E-state index in [1.807, 2.05) is 63.2 Å². The molecule has 0 heterocycles. The Kier molecular flexibility index (Phi) is 4.80. The number of hydrogen-bond acceptors (Lipinski definition) is 2. The number of carbonyl (C=O) groups is 1. The molecule has 21 heavy (non-hydrogen) atoms. The first-order valence-corrected chi connectivity index (χ1v) is 8.78. The van der Waals surface area contributed by atoms with Crippen LogP contribution in [0.5, 0.6) is 0 Å². The molecular formula is C18H21O2P. The van der Waals surface area contributed by atoms with Crippen LogP contribution in [0, 0.1) is 0 Å². The van der Waals surface area contributed by atoms with E-state index in [1.54, 1.807) is 0 Å². The van der Waals surface area contributed by atoms with Crippen molar-refractivity contribution in [1.29, 1.82) is 0 Å². The van der Waals surface area contributed by atoms with Crippen molar-refractivity contribution in [3.8, 4) is 0 Å². The second-order valence-electron chi connectivity index (χ2n) is 5.91. The van der Waals surface area contributed by atoms with Crippen molar-refractivity contribution in [2.24, 2.45) is 0 Å². The van der Waals surface area contributed by atoms with Crippen LogP contribution in [0.1, 0.15) is 31.1 Å². The van der Waals surface area contributed by atoms with Gasteiger partial charge in [0.1, 0.15) is 5.60 Å². The summed E-state index contributed by atoms with van der Waals surface area (Å²) in [6, 6.07) is 18.0. The number of carbonyl (C=O) groups excluding carboxylic acids is 1. The molecule has 0 amide bonds. The first-order valence-electron chi connectivity index (χ1n) is 6.99. The van der Waals surface area contributed by atoms with Gasteiger partial charge < -0.3 is 4.74 Å². The second-order valence-corrected chi connectivity index (χ2v) is 8.03. The molecule has 0 bridgehead atoms. The maximum Gasteiger partial charge on any atom is 0.339 e. The Labute approximate surface area is 127 Å². The highest BCUT2D eigenvalue weighted by Gasteiger charge is 2.22. The van der Waals surface area contributed by atoms with Crippen molar-refractivity contribution < 1.29 is 9.53 Å². The van der Waals surface area contributed by atoms with E-state index in [4.69, 9.17) is 4.74 Å². The van der Waals surface area contributed by atoms with Crippen LogP contribution in [0.15, 0.2) is 54.6 Å². The normalized spacial score (nSPS) is 12.8. The Morgan fingerprint density at radius 2 is 1.52 bits per heavy atom. The maximum atomic E-state index is 12.4. The fourth-order valence-corrected chi connectivity index (χ4v) is 3.80. The van der Waals surface area contributed by atoms with E-state index in [0.717, 1.165) is 5.30 Å². The Morgan fingerprint density at radius 3 is 2.14 bits per heavy atom. The lowest BCUT2D eigenvalue weighted by Crippen LogP contribution is -2.27. The van der Waals surface area contributed by atoms with Gasteiger partial charge in [-0.2, -0.15) is 0 Å². The van der Waals surface area contributed by atoms with Gasteiger partial charge in [0, 0.05) is 0 Å². The number of esters is 1. The van der Waals surface area contributed by atoms with Crippen molar-refractivity contribution in [1.82, 2.24) is 0 Å². The van der Waals surface area contributed by atoms with Crippen LogP contribution in [0.25, 0.3) is 0 Å². The minimum absolute atomic E-state index is 0.247. The van der Waals surface area contributed by atoms with Gasteiger partial charge in [-0.1, -0.05) is 48.5 Å². The highest BCUT2D eigenvalue weighted by atomic mass is 31.1. The second kappa shape index (κ2) is 6.41. The van der Waals surface area contributed by atoms with Crippen LogP contribution in [0.3, 0.4) is 0 Å². The molecule has 1 atom stereocenters. The summed E-state index contributed by atoms with van der Waals surface area (Å²) in [7, 11) is -0.566. The Balaban J connectivity index is 2.35. The van der Waals surface area contributed by atoms with E-state index in [2.05, 4.69) is 18.8 Å². The average Bonchev–Trinajstić information content (AvgIpc) is 2.45. The Hall–Kier alpha value is -1.66. The van der Waals surface area contributed by atoms with E-state index in [-0.39, 0.29) is 5.97 Å². The van der Waals surface area contributed by atoms with Gasteiger partial charge in [0.15, 0.2) is 0 Å². The van der Waals surface area contributed by atoms with Crippen molar-refractivity contribution in [3.05, 3.63) is 60.2 Å². The van der Waals surface area contributed by atoms with E-state index in [0.29, 0.717) is 5.56 Å². The molecule has 1 unspecified atom stereocenters. The Morgan fingerprint density at radius 1 is 0.952 bits per heavy atom. The third-order valence-electron chi connectivity index (χ3n) is 3.03. The lowest BCUT2D eigenvalue weighted by molar-refractivity contribution is 0.00712. The summed E-state index contributed by atoms with van der Waals surface area (Å²) in [6.45, 7) is 7.84. The summed E-state index contributed by atoms with van der Waals surface area (Å²) < 4.78 is 5.52. The first kappa shape index (κ1) is 15.7. The summed E-state index contributed by atoms with van der Waals surface area (Å²) >= 11 is 0. The van der Waals surface area contributed by atoms with E-state index in [9.17, 15) is 4.79 Å². The predicted molar refractivity (Wildman–Crippen MR) is 90.2 cm³/mol. The van der Waals surface area contributed by atoms with Crippen LogP contribution < -0.4 is 10.6 Å². The lowest BCUT2D eigenvalue weighted by atomic mass is 10.1. The van der Waals surface area contributed by atoms with Gasteiger partial charge in [-0.05, 0) is 52.0 Å². The largest absolute Gasteiger partial charge is 0.456 e. The van der Waals surface area contributed by atoms with Crippen molar-refractivity contribution in [3.63, 3.8) is 0 Å². The smallest absolute Gasteiger partial charge is 0.339 e. The summed E-state index contributed by atoms with van der Waals surface area (Å²) in [5, 5.41) is 2.32. The topological polar surface area (TPSA) is 26.3 Å². The zero-order valence-electron chi connectivity index (χ0n) is 13.0. The molecule has 0 aliphatic carbocycles. The van der Waals surface area contributed by atoms with Crippen LogP contribution in [0.2, 0.25) is 0 Å². The SMILES string of the molecule is CP(c1ccccc1)c1ccccc1C(=O)OC(C)(C)C. The first-order chi connectivity index (χ1) is 9.88. The molecule has 2 rings (SSSR count). The minimum atomic E-state index is -0.566. The van der Waals surface area contributed by atoms with Gasteiger partial charge in [-0.25, -0.2) is 4.79 Å². The summed E-state index contributed by atoms with van der Waals surface area (Å²) in [5.74, 6) is -0.247. The van der Waals surface area contributed by atoms with Gasteiger partial charge >= 0.3 is 5.97 Å². The summed E-state index contributed by atoms with van der Waals surface area (Å²) in [4.78, 5) is 12.4. The molecule has 3 heteroatoms. The third-order valence-corrected chi connectivity index (χ3v) is 5.21. The molecule has 2 aromatic carbocycles. The molecule has 0 N–H and O–H groups in total. The zero-order valence-corrected chi connectivity index (χ0v) is 13.9. The minimum Gasteiger partial charge on any atom is -0.456 e. The van der Waals surface area contributed by atoms with Crippen LogP contribution >= 0.6 is 7.92 Å². The number of rotatable bonds is 3. The molecule has 0 aromatic heterocycles. The maximum absolute atomic E-state index is 12.4.